The normalized spacial score (nSPS) is 14.4. The van der Waals surface area contributed by atoms with Gasteiger partial charge < -0.3 is 15.0 Å². The number of hydrogen-bond donors (Lipinski definition) is 1. The van der Waals surface area contributed by atoms with Crippen molar-refractivity contribution in [1.29, 1.82) is 0 Å². The Morgan fingerprint density at radius 3 is 2.45 bits per heavy atom. The van der Waals surface area contributed by atoms with Crippen molar-refractivity contribution >= 4 is 17.4 Å². The molecule has 29 heavy (non-hydrogen) atoms. The van der Waals surface area contributed by atoms with Crippen LogP contribution >= 0.6 is 0 Å². The number of nitrogens with one attached hydrogen (secondary N) is 1. The summed E-state index contributed by atoms with van der Waals surface area (Å²) < 4.78 is 5.22. The molecule has 0 aliphatic carbocycles. The van der Waals surface area contributed by atoms with E-state index in [4.69, 9.17) is 4.74 Å². The lowest BCUT2D eigenvalue weighted by molar-refractivity contribution is -0.120. The summed E-state index contributed by atoms with van der Waals surface area (Å²) in [6.45, 7) is 1.60. The van der Waals surface area contributed by atoms with Gasteiger partial charge in [0.1, 0.15) is 17.9 Å². The number of hydrogen-bond acceptors (Lipinski definition) is 5. The number of ether oxygens (including phenoxy) is 1. The summed E-state index contributed by atoms with van der Waals surface area (Å²) in [7, 11) is 1.65. The summed E-state index contributed by atoms with van der Waals surface area (Å²) >= 11 is 0. The molecule has 0 atom stereocenters. The zero-order valence-electron chi connectivity index (χ0n) is 16.4. The van der Waals surface area contributed by atoms with Crippen molar-refractivity contribution < 1.29 is 9.53 Å². The van der Waals surface area contributed by atoms with Crippen molar-refractivity contribution in [3.8, 4) is 17.0 Å². The molecule has 1 saturated heterocycles. The predicted octanol–water partition coefficient (Wildman–Crippen LogP) is 4.01. The summed E-state index contributed by atoms with van der Waals surface area (Å²) in [5.41, 5.74) is 2.74. The summed E-state index contributed by atoms with van der Waals surface area (Å²) in [4.78, 5) is 23.6. The summed E-state index contributed by atoms with van der Waals surface area (Å²) in [6, 6.07) is 19.4. The smallest absolute Gasteiger partial charge is 0.227 e. The fraction of sp³-hybridized carbons (Fsp3) is 0.261. The number of methoxy groups -OCH3 is 1. The summed E-state index contributed by atoms with van der Waals surface area (Å²) in [5, 5.41) is 3.01. The Morgan fingerprint density at radius 2 is 1.76 bits per heavy atom. The molecule has 2 aromatic carbocycles. The minimum Gasteiger partial charge on any atom is -0.497 e. The number of para-hydroxylation sites is 1. The van der Waals surface area contributed by atoms with E-state index in [1.165, 1.54) is 0 Å². The first-order valence-corrected chi connectivity index (χ1v) is 9.80. The van der Waals surface area contributed by atoms with Crippen molar-refractivity contribution in [1.82, 2.24) is 9.97 Å². The van der Waals surface area contributed by atoms with E-state index in [-0.39, 0.29) is 11.8 Å². The SMILES string of the molecule is COc1ccc(-c2cc(N3CCC(C(=O)Nc4ccccc4)CC3)ncn2)cc1. The Kier molecular flexibility index (Phi) is 5.70. The second kappa shape index (κ2) is 8.73. The van der Waals surface area contributed by atoms with Crippen LogP contribution in [0.3, 0.4) is 0 Å². The van der Waals surface area contributed by atoms with Gasteiger partial charge in [-0.3, -0.25) is 4.79 Å². The fourth-order valence-corrected chi connectivity index (χ4v) is 3.58. The van der Waals surface area contributed by atoms with E-state index in [2.05, 4.69) is 20.2 Å². The quantitative estimate of drug-likeness (QED) is 0.715. The van der Waals surface area contributed by atoms with Crippen LogP contribution in [0, 0.1) is 5.92 Å². The molecule has 1 aromatic heterocycles. The van der Waals surface area contributed by atoms with Crippen LogP contribution in [-0.2, 0) is 4.79 Å². The largest absolute Gasteiger partial charge is 0.497 e. The van der Waals surface area contributed by atoms with E-state index in [0.717, 1.165) is 54.4 Å². The topological polar surface area (TPSA) is 67.3 Å². The fourth-order valence-electron chi connectivity index (χ4n) is 3.58. The highest BCUT2D eigenvalue weighted by Crippen LogP contribution is 2.26. The highest BCUT2D eigenvalue weighted by atomic mass is 16.5. The molecular weight excluding hydrogens is 364 g/mol. The lowest BCUT2D eigenvalue weighted by Crippen LogP contribution is -2.38. The first-order valence-electron chi connectivity index (χ1n) is 9.80. The number of piperidine rings is 1. The maximum absolute atomic E-state index is 12.5. The van der Waals surface area contributed by atoms with Gasteiger partial charge in [-0.1, -0.05) is 18.2 Å². The van der Waals surface area contributed by atoms with Gasteiger partial charge in [0, 0.05) is 36.3 Å². The van der Waals surface area contributed by atoms with Crippen LogP contribution in [0.1, 0.15) is 12.8 Å². The molecule has 0 saturated carbocycles. The zero-order chi connectivity index (χ0) is 20.1. The highest BCUT2D eigenvalue weighted by Gasteiger charge is 2.26. The first-order chi connectivity index (χ1) is 14.2. The number of carbonyl (C=O) groups is 1. The van der Waals surface area contributed by atoms with E-state index in [0.29, 0.717) is 0 Å². The van der Waals surface area contributed by atoms with Crippen molar-refractivity contribution in [3.05, 3.63) is 67.0 Å². The van der Waals surface area contributed by atoms with Crippen molar-refractivity contribution in [2.24, 2.45) is 5.92 Å². The van der Waals surface area contributed by atoms with Gasteiger partial charge in [-0.2, -0.15) is 0 Å². The van der Waals surface area contributed by atoms with E-state index in [1.807, 2.05) is 60.7 Å². The molecule has 0 bridgehead atoms. The Balaban J connectivity index is 1.39. The van der Waals surface area contributed by atoms with Crippen molar-refractivity contribution in [2.75, 3.05) is 30.4 Å². The minimum absolute atomic E-state index is 0.0225. The summed E-state index contributed by atoms with van der Waals surface area (Å²) in [5.74, 6) is 1.83. The third-order valence-corrected chi connectivity index (χ3v) is 5.27. The zero-order valence-corrected chi connectivity index (χ0v) is 16.4. The van der Waals surface area contributed by atoms with Crippen LogP contribution in [0.15, 0.2) is 67.0 Å². The Labute approximate surface area is 170 Å². The number of anilines is 2. The molecule has 6 nitrogen and oxygen atoms in total. The van der Waals surface area contributed by atoms with Crippen LogP contribution in [0.2, 0.25) is 0 Å². The molecule has 1 N–H and O–H groups in total. The lowest BCUT2D eigenvalue weighted by atomic mass is 9.95. The number of carbonyl (C=O) groups excluding carboxylic acids is 1. The number of rotatable bonds is 5. The Hall–Kier alpha value is -3.41. The average molecular weight is 388 g/mol. The molecule has 1 aliphatic rings. The van der Waals surface area contributed by atoms with Crippen molar-refractivity contribution in [3.63, 3.8) is 0 Å². The monoisotopic (exact) mass is 388 g/mol. The summed E-state index contributed by atoms with van der Waals surface area (Å²) in [6.07, 6.45) is 3.21. The molecule has 6 heteroatoms. The standard InChI is InChI=1S/C23H24N4O2/c1-29-20-9-7-17(8-10-20)21-15-22(25-16-24-21)27-13-11-18(12-14-27)23(28)26-19-5-3-2-4-6-19/h2-10,15-16,18H,11-14H2,1H3,(H,26,28). The van der Waals surface area contributed by atoms with Gasteiger partial charge in [0.05, 0.1) is 12.8 Å². The Bertz CT molecular complexity index is 952. The molecule has 0 radical (unpaired) electrons. The maximum Gasteiger partial charge on any atom is 0.227 e. The first kappa shape index (κ1) is 18.9. The van der Waals surface area contributed by atoms with E-state index in [1.54, 1.807) is 13.4 Å². The minimum atomic E-state index is 0.0225. The molecule has 1 aliphatic heterocycles. The number of nitrogens with zero attached hydrogens (tertiary/aromatic N) is 3. The number of amides is 1. The molecular formula is C23H24N4O2. The molecule has 1 amide bonds. The van der Waals surface area contributed by atoms with Crippen LogP contribution in [0.5, 0.6) is 5.75 Å². The van der Waals surface area contributed by atoms with Crippen LogP contribution in [0.4, 0.5) is 11.5 Å². The lowest BCUT2D eigenvalue weighted by Gasteiger charge is -2.32. The van der Waals surface area contributed by atoms with Gasteiger partial charge in [-0.15, -0.1) is 0 Å². The van der Waals surface area contributed by atoms with Crippen molar-refractivity contribution in [2.45, 2.75) is 12.8 Å². The average Bonchev–Trinajstić information content (AvgIpc) is 2.80. The van der Waals surface area contributed by atoms with E-state index in [9.17, 15) is 4.79 Å². The molecule has 1 fully saturated rings. The second-order valence-electron chi connectivity index (χ2n) is 7.11. The van der Waals surface area contributed by atoms with E-state index < -0.39 is 0 Å². The van der Waals surface area contributed by atoms with Gasteiger partial charge in [0.15, 0.2) is 0 Å². The van der Waals surface area contributed by atoms with Gasteiger partial charge in [0.25, 0.3) is 0 Å². The third-order valence-electron chi connectivity index (χ3n) is 5.27. The molecule has 3 aromatic rings. The molecule has 2 heterocycles. The highest BCUT2D eigenvalue weighted by molar-refractivity contribution is 5.92. The van der Waals surface area contributed by atoms with Crippen LogP contribution < -0.4 is 15.0 Å². The molecule has 148 valence electrons. The molecule has 0 unspecified atom stereocenters. The third kappa shape index (κ3) is 4.54. The number of benzene rings is 2. The maximum atomic E-state index is 12.5. The van der Waals surface area contributed by atoms with Gasteiger partial charge in [-0.25, -0.2) is 9.97 Å². The van der Waals surface area contributed by atoms with Gasteiger partial charge in [0.2, 0.25) is 5.91 Å². The van der Waals surface area contributed by atoms with E-state index >= 15 is 0 Å². The number of aromatic nitrogens is 2. The Morgan fingerprint density at radius 1 is 1.03 bits per heavy atom. The predicted molar refractivity (Wildman–Crippen MR) is 114 cm³/mol. The van der Waals surface area contributed by atoms with Crippen LogP contribution in [0.25, 0.3) is 11.3 Å². The molecule has 0 spiro atoms. The molecule has 4 rings (SSSR count). The van der Waals surface area contributed by atoms with Crippen LogP contribution in [-0.4, -0.2) is 36.1 Å². The second-order valence-corrected chi connectivity index (χ2v) is 7.11. The van der Waals surface area contributed by atoms with Gasteiger partial charge in [-0.05, 0) is 49.2 Å². The van der Waals surface area contributed by atoms with Gasteiger partial charge >= 0.3 is 0 Å².